The molecule has 0 saturated carbocycles. The van der Waals surface area contributed by atoms with Crippen LogP contribution in [0.25, 0.3) is 0 Å². The van der Waals surface area contributed by atoms with Crippen LogP contribution in [0.15, 0.2) is 42.7 Å². The third-order valence-electron chi connectivity index (χ3n) is 2.64. The van der Waals surface area contributed by atoms with Gasteiger partial charge in [0.15, 0.2) is 0 Å². The molecule has 0 aliphatic rings. The van der Waals surface area contributed by atoms with Crippen LogP contribution in [0, 0.1) is 5.41 Å². The van der Waals surface area contributed by atoms with Crippen molar-refractivity contribution in [2.75, 3.05) is 11.9 Å². The third-order valence-corrected chi connectivity index (χ3v) is 2.64. The van der Waals surface area contributed by atoms with Gasteiger partial charge in [-0.15, -0.1) is 0 Å². The number of hydrogen-bond donors (Lipinski definition) is 1. The van der Waals surface area contributed by atoms with Crippen molar-refractivity contribution >= 4 is 5.69 Å². The van der Waals surface area contributed by atoms with Crippen LogP contribution in [-0.4, -0.2) is 16.3 Å². The maximum atomic E-state index is 4.37. The highest BCUT2D eigenvalue weighted by molar-refractivity contribution is 5.38. The molecular weight excluding hydrogens is 222 g/mol. The summed E-state index contributed by atoms with van der Waals surface area (Å²) in [7, 11) is 0. The van der Waals surface area contributed by atoms with Gasteiger partial charge in [0.1, 0.15) is 0 Å². The van der Waals surface area contributed by atoms with E-state index < -0.39 is 0 Å². The molecule has 1 aromatic carbocycles. The maximum Gasteiger partial charge on any atom is 0.0726 e. The molecule has 0 bridgehead atoms. The summed E-state index contributed by atoms with van der Waals surface area (Å²) in [5.41, 5.74) is 2.63. The molecule has 96 valence electrons. The van der Waals surface area contributed by atoms with E-state index in [9.17, 15) is 0 Å². The van der Waals surface area contributed by atoms with E-state index in [2.05, 4.69) is 61.6 Å². The Morgan fingerprint density at radius 2 is 1.89 bits per heavy atom. The van der Waals surface area contributed by atoms with Crippen LogP contribution < -0.4 is 5.32 Å². The minimum atomic E-state index is 0.279. The van der Waals surface area contributed by atoms with E-state index >= 15 is 0 Å². The molecule has 3 nitrogen and oxygen atoms in total. The molecule has 2 rings (SSSR count). The average molecular weight is 243 g/mol. The molecule has 2 aromatic rings. The lowest BCUT2D eigenvalue weighted by molar-refractivity contribution is 0.443. The zero-order valence-electron chi connectivity index (χ0n) is 11.4. The molecule has 1 aromatic heterocycles. The van der Waals surface area contributed by atoms with Crippen molar-refractivity contribution in [1.82, 2.24) is 9.78 Å². The van der Waals surface area contributed by atoms with Crippen LogP contribution in [0.2, 0.25) is 0 Å². The summed E-state index contributed by atoms with van der Waals surface area (Å²) >= 11 is 0. The highest BCUT2D eigenvalue weighted by atomic mass is 15.3. The van der Waals surface area contributed by atoms with E-state index in [1.54, 1.807) is 0 Å². The van der Waals surface area contributed by atoms with E-state index in [4.69, 9.17) is 0 Å². The van der Waals surface area contributed by atoms with E-state index in [1.165, 1.54) is 5.56 Å². The van der Waals surface area contributed by atoms with Crippen molar-refractivity contribution in [1.29, 1.82) is 0 Å². The van der Waals surface area contributed by atoms with Gasteiger partial charge in [0.2, 0.25) is 0 Å². The first-order chi connectivity index (χ1) is 8.53. The van der Waals surface area contributed by atoms with Gasteiger partial charge in [-0.2, -0.15) is 5.10 Å². The molecule has 1 N–H and O–H groups in total. The Hall–Kier alpha value is -1.77. The van der Waals surface area contributed by atoms with Crippen molar-refractivity contribution in [3.63, 3.8) is 0 Å². The van der Waals surface area contributed by atoms with Crippen LogP contribution in [0.5, 0.6) is 0 Å². The highest BCUT2D eigenvalue weighted by Gasteiger charge is 2.09. The topological polar surface area (TPSA) is 29.9 Å². The smallest absolute Gasteiger partial charge is 0.0726 e. The van der Waals surface area contributed by atoms with Crippen LogP contribution in [0.3, 0.4) is 0 Å². The molecule has 0 fully saturated rings. The Morgan fingerprint density at radius 1 is 1.17 bits per heavy atom. The number of aromatic nitrogens is 2. The Labute approximate surface area is 109 Å². The van der Waals surface area contributed by atoms with Crippen molar-refractivity contribution in [3.05, 3.63) is 48.3 Å². The normalized spacial score (nSPS) is 11.5. The summed E-state index contributed by atoms with van der Waals surface area (Å²) in [6, 6.07) is 10.4. The zero-order valence-corrected chi connectivity index (χ0v) is 11.4. The lowest BCUT2D eigenvalue weighted by Crippen LogP contribution is -2.18. The Morgan fingerprint density at radius 3 is 2.56 bits per heavy atom. The van der Waals surface area contributed by atoms with Crippen LogP contribution in [0.1, 0.15) is 26.3 Å². The number of rotatable bonds is 4. The van der Waals surface area contributed by atoms with Gasteiger partial charge in [-0.1, -0.05) is 51.1 Å². The molecule has 3 heteroatoms. The Kier molecular flexibility index (Phi) is 3.70. The number of anilines is 1. The van der Waals surface area contributed by atoms with Crippen LogP contribution >= 0.6 is 0 Å². The molecule has 0 atom stereocenters. The van der Waals surface area contributed by atoms with E-state index in [1.807, 2.05) is 16.9 Å². The van der Waals surface area contributed by atoms with Gasteiger partial charge in [0.05, 0.1) is 18.4 Å². The van der Waals surface area contributed by atoms with Gasteiger partial charge >= 0.3 is 0 Å². The molecule has 0 aliphatic heterocycles. The van der Waals surface area contributed by atoms with Crippen molar-refractivity contribution in [2.45, 2.75) is 27.3 Å². The number of hydrogen-bond acceptors (Lipinski definition) is 2. The molecular formula is C15H21N3. The highest BCUT2D eigenvalue weighted by Crippen LogP contribution is 2.15. The molecule has 0 spiro atoms. The first kappa shape index (κ1) is 12.7. The maximum absolute atomic E-state index is 4.37. The number of nitrogens with one attached hydrogen (secondary N) is 1. The predicted molar refractivity (Wildman–Crippen MR) is 75.7 cm³/mol. The Balaban J connectivity index is 1.94. The fraction of sp³-hybridized carbons (Fsp3) is 0.400. The summed E-state index contributed by atoms with van der Waals surface area (Å²) in [5.74, 6) is 0. The first-order valence-electron chi connectivity index (χ1n) is 6.33. The second kappa shape index (κ2) is 5.25. The second-order valence-electron chi connectivity index (χ2n) is 5.83. The molecule has 18 heavy (non-hydrogen) atoms. The third kappa shape index (κ3) is 3.91. The number of benzene rings is 1. The molecule has 1 heterocycles. The largest absolute Gasteiger partial charge is 0.382 e. The van der Waals surface area contributed by atoms with Gasteiger partial charge in [-0.05, 0) is 11.0 Å². The van der Waals surface area contributed by atoms with E-state index in [0.717, 1.165) is 18.8 Å². The van der Waals surface area contributed by atoms with Gasteiger partial charge in [-0.25, -0.2) is 0 Å². The lowest BCUT2D eigenvalue weighted by atomic mass is 9.97. The second-order valence-corrected chi connectivity index (χ2v) is 5.83. The average Bonchev–Trinajstić information content (AvgIpc) is 2.75. The van der Waals surface area contributed by atoms with Crippen LogP contribution in [0.4, 0.5) is 5.69 Å². The molecule has 0 aliphatic carbocycles. The molecule has 0 radical (unpaired) electrons. The molecule has 0 saturated heterocycles. The first-order valence-corrected chi connectivity index (χ1v) is 6.33. The predicted octanol–water partition coefficient (Wildman–Crippen LogP) is 3.39. The fourth-order valence-corrected chi connectivity index (χ4v) is 1.68. The Bertz CT molecular complexity index is 480. The van der Waals surface area contributed by atoms with E-state index in [0.29, 0.717) is 0 Å². The van der Waals surface area contributed by atoms with Crippen molar-refractivity contribution < 1.29 is 0 Å². The SMILES string of the molecule is CC(C)(C)CNc1cnn(Cc2ccccc2)c1. The summed E-state index contributed by atoms with van der Waals surface area (Å²) in [6.07, 6.45) is 3.94. The summed E-state index contributed by atoms with van der Waals surface area (Å²) in [5, 5.41) is 7.77. The van der Waals surface area contributed by atoms with E-state index in [-0.39, 0.29) is 5.41 Å². The van der Waals surface area contributed by atoms with Gasteiger partial charge < -0.3 is 5.32 Å². The summed E-state index contributed by atoms with van der Waals surface area (Å²) < 4.78 is 1.96. The molecule has 0 unspecified atom stereocenters. The van der Waals surface area contributed by atoms with Crippen molar-refractivity contribution in [2.24, 2.45) is 5.41 Å². The fourth-order valence-electron chi connectivity index (χ4n) is 1.68. The number of nitrogens with zero attached hydrogens (tertiary/aromatic N) is 2. The van der Waals surface area contributed by atoms with Crippen LogP contribution in [-0.2, 0) is 6.54 Å². The summed E-state index contributed by atoms with van der Waals surface area (Å²) in [4.78, 5) is 0. The van der Waals surface area contributed by atoms with Gasteiger partial charge in [-0.3, -0.25) is 4.68 Å². The minimum Gasteiger partial charge on any atom is -0.382 e. The monoisotopic (exact) mass is 243 g/mol. The van der Waals surface area contributed by atoms with Crippen molar-refractivity contribution in [3.8, 4) is 0 Å². The standard InChI is InChI=1S/C15H21N3/c1-15(2,3)12-16-14-9-17-18(11-14)10-13-7-5-4-6-8-13/h4-9,11,16H,10,12H2,1-3H3. The summed E-state index contributed by atoms with van der Waals surface area (Å²) in [6.45, 7) is 8.42. The minimum absolute atomic E-state index is 0.279. The molecule has 0 amide bonds. The van der Waals surface area contributed by atoms with Gasteiger partial charge in [0, 0.05) is 12.7 Å². The quantitative estimate of drug-likeness (QED) is 0.892. The van der Waals surface area contributed by atoms with Gasteiger partial charge in [0.25, 0.3) is 0 Å². The zero-order chi connectivity index (χ0) is 13.0. The lowest BCUT2D eigenvalue weighted by Gasteiger charge is -2.18.